The summed E-state index contributed by atoms with van der Waals surface area (Å²) in [5, 5.41) is 2.83. The van der Waals surface area contributed by atoms with Gasteiger partial charge < -0.3 is 11.1 Å². The molecule has 0 fully saturated rings. The maximum atomic E-state index is 13.3. The van der Waals surface area contributed by atoms with Gasteiger partial charge >= 0.3 is 0 Å². The second-order valence-electron chi connectivity index (χ2n) is 3.06. The van der Waals surface area contributed by atoms with E-state index >= 15 is 0 Å². The highest BCUT2D eigenvalue weighted by atomic mass is 127. The lowest BCUT2D eigenvalue weighted by atomic mass is 10.3. The van der Waals surface area contributed by atoms with E-state index in [0.717, 1.165) is 15.5 Å². The third-order valence-corrected chi connectivity index (χ3v) is 2.59. The molecule has 16 heavy (non-hydrogen) atoms. The van der Waals surface area contributed by atoms with Crippen molar-refractivity contribution >= 4 is 40.0 Å². The van der Waals surface area contributed by atoms with E-state index in [1.165, 1.54) is 0 Å². The van der Waals surface area contributed by atoms with E-state index in [-0.39, 0.29) is 11.8 Å². The zero-order chi connectivity index (χ0) is 11.5. The number of hydrogen-bond donors (Lipinski definition) is 2. The average molecular weight is 330 g/mol. The number of nitrogen functional groups attached to an aromatic ring is 1. The fraction of sp³-hybridized carbons (Fsp3) is 0. The maximum absolute atomic E-state index is 13.3. The molecular weight excluding hydrogens is 322 g/mol. The van der Waals surface area contributed by atoms with Crippen LogP contribution in [0.5, 0.6) is 0 Å². The number of nitrogens with two attached hydrogens (primary N) is 1. The molecule has 2 aromatic rings. The highest BCUT2D eigenvalue weighted by molar-refractivity contribution is 14.1. The molecule has 6 heteroatoms. The maximum Gasteiger partial charge on any atom is 0.222 e. The summed E-state index contributed by atoms with van der Waals surface area (Å²) in [5.41, 5.74) is 6.12. The molecule has 0 aliphatic rings. The van der Waals surface area contributed by atoms with Crippen molar-refractivity contribution in [2.75, 3.05) is 11.1 Å². The average Bonchev–Trinajstić information content (AvgIpc) is 2.27. The van der Waals surface area contributed by atoms with Gasteiger partial charge in [0.05, 0.1) is 6.20 Å². The lowest BCUT2D eigenvalue weighted by molar-refractivity contribution is 0.620. The van der Waals surface area contributed by atoms with Gasteiger partial charge in [0.1, 0.15) is 0 Å². The molecule has 4 nitrogen and oxygen atoms in total. The minimum absolute atomic E-state index is 0.0365. The van der Waals surface area contributed by atoms with Crippen LogP contribution in [0.15, 0.2) is 30.5 Å². The normalized spacial score (nSPS) is 10.1. The van der Waals surface area contributed by atoms with Crippen LogP contribution < -0.4 is 11.1 Å². The molecule has 0 radical (unpaired) electrons. The van der Waals surface area contributed by atoms with Gasteiger partial charge in [0, 0.05) is 9.26 Å². The molecule has 0 bridgehead atoms. The summed E-state index contributed by atoms with van der Waals surface area (Å²) in [6.45, 7) is 0. The van der Waals surface area contributed by atoms with Gasteiger partial charge in [-0.1, -0.05) is 0 Å². The van der Waals surface area contributed by atoms with Gasteiger partial charge in [0.25, 0.3) is 0 Å². The minimum atomic E-state index is -0.534. The molecule has 1 heterocycles. The van der Waals surface area contributed by atoms with Crippen molar-refractivity contribution in [3.63, 3.8) is 0 Å². The van der Waals surface area contributed by atoms with Gasteiger partial charge in [0.2, 0.25) is 5.95 Å². The lowest BCUT2D eigenvalue weighted by Gasteiger charge is -2.06. The van der Waals surface area contributed by atoms with Gasteiger partial charge in [0.15, 0.2) is 11.6 Å². The molecule has 0 unspecified atom stereocenters. The van der Waals surface area contributed by atoms with E-state index in [4.69, 9.17) is 5.73 Å². The topological polar surface area (TPSA) is 63.8 Å². The van der Waals surface area contributed by atoms with Crippen molar-refractivity contribution in [1.82, 2.24) is 9.97 Å². The van der Waals surface area contributed by atoms with E-state index in [1.54, 1.807) is 0 Å². The molecule has 0 amide bonds. The Morgan fingerprint density at radius 1 is 1.25 bits per heavy atom. The Balaban J connectivity index is 2.26. The molecule has 0 spiro atoms. The number of benzene rings is 1. The van der Waals surface area contributed by atoms with Crippen LogP contribution in [0.1, 0.15) is 0 Å². The Labute approximate surface area is 105 Å². The highest BCUT2D eigenvalue weighted by Gasteiger charge is 2.05. The lowest BCUT2D eigenvalue weighted by Crippen LogP contribution is -2.02. The molecule has 3 N–H and O–H groups in total. The van der Waals surface area contributed by atoms with Gasteiger partial charge in [-0.25, -0.2) is 9.37 Å². The quantitative estimate of drug-likeness (QED) is 0.831. The van der Waals surface area contributed by atoms with Crippen LogP contribution in [0.2, 0.25) is 0 Å². The van der Waals surface area contributed by atoms with Gasteiger partial charge in [-0.15, -0.1) is 0 Å². The van der Waals surface area contributed by atoms with Crippen LogP contribution in [0.4, 0.5) is 21.8 Å². The Kier molecular flexibility index (Phi) is 3.18. The molecule has 1 aromatic carbocycles. The molecule has 1 aromatic heterocycles. The number of nitrogens with one attached hydrogen (secondary N) is 1. The number of rotatable bonds is 2. The standard InChI is InChI=1S/C10H8FIN4/c11-8-5-14-10(13)16-9(8)15-7-3-1-6(12)2-4-7/h1-5H,(H3,13,14,15,16). The Hall–Kier alpha value is -1.44. The third kappa shape index (κ3) is 2.57. The zero-order valence-corrected chi connectivity index (χ0v) is 10.3. The summed E-state index contributed by atoms with van der Waals surface area (Å²) >= 11 is 2.19. The molecular formula is C10H8FIN4. The first kappa shape index (κ1) is 11.1. The second kappa shape index (κ2) is 4.60. The first-order valence-electron chi connectivity index (χ1n) is 4.46. The first-order chi connectivity index (χ1) is 7.65. The van der Waals surface area contributed by atoms with Crippen molar-refractivity contribution in [2.24, 2.45) is 0 Å². The monoisotopic (exact) mass is 330 g/mol. The Morgan fingerprint density at radius 2 is 1.94 bits per heavy atom. The van der Waals surface area contributed by atoms with Gasteiger partial charge in [-0.3, -0.25) is 0 Å². The van der Waals surface area contributed by atoms with E-state index in [9.17, 15) is 4.39 Å². The minimum Gasteiger partial charge on any atom is -0.368 e. The molecule has 0 saturated heterocycles. The smallest absolute Gasteiger partial charge is 0.222 e. The second-order valence-corrected chi connectivity index (χ2v) is 4.30. The van der Waals surface area contributed by atoms with Gasteiger partial charge in [-0.2, -0.15) is 4.98 Å². The van der Waals surface area contributed by atoms with Crippen molar-refractivity contribution in [1.29, 1.82) is 0 Å². The summed E-state index contributed by atoms with van der Waals surface area (Å²) in [7, 11) is 0. The van der Waals surface area contributed by atoms with Gasteiger partial charge in [-0.05, 0) is 46.9 Å². The zero-order valence-electron chi connectivity index (χ0n) is 8.11. The molecule has 0 saturated carbocycles. The molecule has 0 aliphatic heterocycles. The number of nitrogens with zero attached hydrogens (tertiary/aromatic N) is 2. The van der Waals surface area contributed by atoms with E-state index in [0.29, 0.717) is 0 Å². The van der Waals surface area contributed by atoms with Crippen LogP contribution in [0.25, 0.3) is 0 Å². The van der Waals surface area contributed by atoms with E-state index in [1.807, 2.05) is 24.3 Å². The fourth-order valence-corrected chi connectivity index (χ4v) is 1.50. The van der Waals surface area contributed by atoms with Crippen LogP contribution >= 0.6 is 22.6 Å². The van der Waals surface area contributed by atoms with Crippen molar-refractivity contribution in [2.45, 2.75) is 0 Å². The van der Waals surface area contributed by atoms with Crippen molar-refractivity contribution < 1.29 is 4.39 Å². The van der Waals surface area contributed by atoms with Crippen LogP contribution in [-0.2, 0) is 0 Å². The summed E-state index contributed by atoms with van der Waals surface area (Å²) in [6.07, 6.45) is 1.04. The van der Waals surface area contributed by atoms with E-state index < -0.39 is 5.82 Å². The predicted molar refractivity (Wildman–Crippen MR) is 68.8 cm³/mol. The number of anilines is 3. The SMILES string of the molecule is Nc1ncc(F)c(Nc2ccc(I)cc2)n1. The van der Waals surface area contributed by atoms with Crippen LogP contribution in [0, 0.1) is 9.39 Å². The van der Waals surface area contributed by atoms with Crippen molar-refractivity contribution in [3.05, 3.63) is 39.8 Å². The summed E-state index contributed by atoms with van der Waals surface area (Å²) in [4.78, 5) is 7.31. The van der Waals surface area contributed by atoms with E-state index in [2.05, 4.69) is 37.9 Å². The largest absolute Gasteiger partial charge is 0.368 e. The molecule has 82 valence electrons. The Morgan fingerprint density at radius 3 is 2.62 bits per heavy atom. The highest BCUT2D eigenvalue weighted by Crippen LogP contribution is 2.18. The fourth-order valence-electron chi connectivity index (χ4n) is 1.14. The third-order valence-electron chi connectivity index (χ3n) is 1.87. The van der Waals surface area contributed by atoms with Crippen LogP contribution in [-0.4, -0.2) is 9.97 Å². The number of halogens is 2. The molecule has 0 atom stereocenters. The van der Waals surface area contributed by atoms with Crippen LogP contribution in [0.3, 0.4) is 0 Å². The summed E-state index contributed by atoms with van der Waals surface area (Å²) in [5.74, 6) is -0.420. The summed E-state index contributed by atoms with van der Waals surface area (Å²) in [6, 6.07) is 7.48. The number of aromatic nitrogens is 2. The molecule has 2 rings (SSSR count). The number of hydrogen-bond acceptors (Lipinski definition) is 4. The first-order valence-corrected chi connectivity index (χ1v) is 5.53. The van der Waals surface area contributed by atoms with Crippen molar-refractivity contribution in [3.8, 4) is 0 Å². The Bertz CT molecular complexity index is 501. The summed E-state index contributed by atoms with van der Waals surface area (Å²) < 4.78 is 14.4. The predicted octanol–water partition coefficient (Wildman–Crippen LogP) is 2.55. The molecule has 0 aliphatic carbocycles.